The minimum absolute atomic E-state index is 0.327. The van der Waals surface area contributed by atoms with Gasteiger partial charge in [0.1, 0.15) is 0 Å². The SMILES string of the molecule is C#C.Cc1ccc2c(c1)C(C)(C)C(=O)C2(C)C. The Balaban J connectivity index is 0.000000686. The van der Waals surface area contributed by atoms with Gasteiger partial charge in [-0.3, -0.25) is 4.79 Å². The van der Waals surface area contributed by atoms with Crippen LogP contribution in [-0.2, 0) is 15.6 Å². The molecule has 1 nitrogen and oxygen atoms in total. The van der Waals surface area contributed by atoms with Crippen molar-refractivity contribution in [3.05, 3.63) is 34.9 Å². The quantitative estimate of drug-likeness (QED) is 0.622. The standard InChI is InChI=1S/C14H18O.C2H2/c1-9-6-7-10-11(8-9)14(4,5)12(15)13(10,2)3;1-2/h6-8H,1-5H3;1-2H. The van der Waals surface area contributed by atoms with Crippen LogP contribution >= 0.6 is 0 Å². The van der Waals surface area contributed by atoms with Crippen LogP contribution in [0.3, 0.4) is 0 Å². The van der Waals surface area contributed by atoms with E-state index in [0.29, 0.717) is 5.78 Å². The highest BCUT2D eigenvalue weighted by molar-refractivity contribution is 6.02. The molecule has 17 heavy (non-hydrogen) atoms. The number of fused-ring (bicyclic) bond motifs is 1. The average molecular weight is 228 g/mol. The number of rotatable bonds is 0. The summed E-state index contributed by atoms with van der Waals surface area (Å²) in [6, 6.07) is 6.36. The molecule has 0 fully saturated rings. The Bertz CT molecular complexity index is 476. The first-order valence-electron chi connectivity index (χ1n) is 5.78. The fourth-order valence-electron chi connectivity index (χ4n) is 2.75. The van der Waals surface area contributed by atoms with Gasteiger partial charge in [-0.2, -0.15) is 0 Å². The Labute approximate surface area is 104 Å². The third kappa shape index (κ3) is 1.78. The minimum Gasteiger partial charge on any atom is -0.298 e. The summed E-state index contributed by atoms with van der Waals surface area (Å²) in [5.74, 6) is 0.329. The predicted octanol–water partition coefficient (Wildman–Crippen LogP) is 3.38. The van der Waals surface area contributed by atoms with Crippen LogP contribution in [0, 0.1) is 19.8 Å². The van der Waals surface area contributed by atoms with E-state index in [4.69, 9.17) is 0 Å². The van der Waals surface area contributed by atoms with Crippen LogP contribution in [0.25, 0.3) is 0 Å². The Hall–Kier alpha value is -1.55. The van der Waals surface area contributed by atoms with Crippen molar-refractivity contribution in [2.45, 2.75) is 45.4 Å². The highest BCUT2D eigenvalue weighted by Crippen LogP contribution is 2.46. The van der Waals surface area contributed by atoms with Crippen LogP contribution in [0.2, 0.25) is 0 Å². The van der Waals surface area contributed by atoms with Gasteiger partial charge in [-0.25, -0.2) is 0 Å². The molecule has 1 aliphatic rings. The molecule has 0 N–H and O–H groups in total. The molecule has 0 aliphatic heterocycles. The van der Waals surface area contributed by atoms with E-state index in [0.717, 1.165) is 0 Å². The minimum atomic E-state index is -0.329. The van der Waals surface area contributed by atoms with E-state index in [2.05, 4.69) is 38.0 Å². The molecule has 0 saturated carbocycles. The number of benzene rings is 1. The van der Waals surface area contributed by atoms with Gasteiger partial charge in [-0.05, 0) is 45.7 Å². The lowest BCUT2D eigenvalue weighted by atomic mass is 9.80. The summed E-state index contributed by atoms with van der Waals surface area (Å²) >= 11 is 0. The molecule has 2 rings (SSSR count). The third-order valence-electron chi connectivity index (χ3n) is 3.66. The second-order valence-corrected chi connectivity index (χ2v) is 5.63. The Morgan fingerprint density at radius 2 is 1.41 bits per heavy atom. The van der Waals surface area contributed by atoms with Crippen molar-refractivity contribution in [3.63, 3.8) is 0 Å². The lowest BCUT2D eigenvalue weighted by Crippen LogP contribution is -2.33. The molecular weight excluding hydrogens is 208 g/mol. The first-order valence-corrected chi connectivity index (χ1v) is 5.78. The third-order valence-corrected chi connectivity index (χ3v) is 3.66. The molecule has 0 heterocycles. The van der Waals surface area contributed by atoms with Crippen molar-refractivity contribution in [2.75, 3.05) is 0 Å². The number of carbonyl (C=O) groups excluding carboxylic acids is 1. The van der Waals surface area contributed by atoms with Crippen molar-refractivity contribution < 1.29 is 4.79 Å². The number of aryl methyl sites for hydroxylation is 1. The van der Waals surface area contributed by atoms with Crippen LogP contribution in [0.1, 0.15) is 44.4 Å². The van der Waals surface area contributed by atoms with E-state index < -0.39 is 0 Å². The van der Waals surface area contributed by atoms with Crippen molar-refractivity contribution in [2.24, 2.45) is 0 Å². The maximum absolute atomic E-state index is 12.3. The molecule has 0 saturated heterocycles. The molecule has 1 heteroatoms. The molecule has 90 valence electrons. The lowest BCUT2D eigenvalue weighted by molar-refractivity contribution is -0.126. The molecule has 0 amide bonds. The van der Waals surface area contributed by atoms with E-state index >= 15 is 0 Å². The zero-order valence-electron chi connectivity index (χ0n) is 11.3. The van der Waals surface area contributed by atoms with Gasteiger partial charge >= 0.3 is 0 Å². The molecule has 0 atom stereocenters. The van der Waals surface area contributed by atoms with Crippen molar-refractivity contribution >= 4 is 5.78 Å². The number of hydrogen-bond acceptors (Lipinski definition) is 1. The van der Waals surface area contributed by atoms with E-state index in [1.807, 2.05) is 27.7 Å². The smallest absolute Gasteiger partial charge is 0.152 e. The maximum Gasteiger partial charge on any atom is 0.152 e. The van der Waals surface area contributed by atoms with Gasteiger partial charge in [0.25, 0.3) is 0 Å². The fraction of sp³-hybridized carbons (Fsp3) is 0.438. The van der Waals surface area contributed by atoms with Crippen molar-refractivity contribution in [3.8, 4) is 12.8 Å². The van der Waals surface area contributed by atoms with Gasteiger partial charge in [-0.15, -0.1) is 12.8 Å². The maximum atomic E-state index is 12.3. The first kappa shape index (κ1) is 13.5. The van der Waals surface area contributed by atoms with Gasteiger partial charge in [-0.1, -0.05) is 23.8 Å². The predicted molar refractivity (Wildman–Crippen MR) is 72.1 cm³/mol. The van der Waals surface area contributed by atoms with Crippen LogP contribution in [-0.4, -0.2) is 5.78 Å². The van der Waals surface area contributed by atoms with Gasteiger partial charge in [0.05, 0.1) is 0 Å². The molecule has 0 aromatic heterocycles. The summed E-state index contributed by atoms with van der Waals surface area (Å²) in [4.78, 5) is 12.3. The van der Waals surface area contributed by atoms with E-state index in [1.54, 1.807) is 0 Å². The largest absolute Gasteiger partial charge is 0.298 e. The Kier molecular flexibility index (Phi) is 3.21. The van der Waals surface area contributed by atoms with Crippen LogP contribution in [0.5, 0.6) is 0 Å². The summed E-state index contributed by atoms with van der Waals surface area (Å²) in [5, 5.41) is 0. The van der Waals surface area contributed by atoms with Gasteiger partial charge in [0.15, 0.2) is 5.78 Å². The topological polar surface area (TPSA) is 17.1 Å². The van der Waals surface area contributed by atoms with E-state index in [-0.39, 0.29) is 10.8 Å². The van der Waals surface area contributed by atoms with Gasteiger partial charge in [0, 0.05) is 10.8 Å². The first-order chi connectivity index (χ1) is 7.78. The van der Waals surface area contributed by atoms with Crippen molar-refractivity contribution in [1.29, 1.82) is 0 Å². The molecular formula is C16H20O. The highest BCUT2D eigenvalue weighted by atomic mass is 16.1. The summed E-state index contributed by atoms with van der Waals surface area (Å²) in [7, 11) is 0. The number of hydrogen-bond donors (Lipinski definition) is 0. The number of carbonyl (C=O) groups is 1. The summed E-state index contributed by atoms with van der Waals surface area (Å²) in [6.07, 6.45) is 8.00. The van der Waals surface area contributed by atoms with Crippen LogP contribution in [0.15, 0.2) is 18.2 Å². The van der Waals surface area contributed by atoms with Gasteiger partial charge in [0.2, 0.25) is 0 Å². The van der Waals surface area contributed by atoms with Crippen molar-refractivity contribution in [1.82, 2.24) is 0 Å². The molecule has 0 radical (unpaired) electrons. The molecule has 0 spiro atoms. The molecule has 0 bridgehead atoms. The van der Waals surface area contributed by atoms with Gasteiger partial charge < -0.3 is 0 Å². The number of ketones is 1. The monoisotopic (exact) mass is 228 g/mol. The zero-order valence-corrected chi connectivity index (χ0v) is 11.3. The van der Waals surface area contributed by atoms with Crippen LogP contribution < -0.4 is 0 Å². The lowest BCUT2D eigenvalue weighted by Gasteiger charge is -2.21. The summed E-state index contributed by atoms with van der Waals surface area (Å²) < 4.78 is 0. The Morgan fingerprint density at radius 3 is 1.94 bits per heavy atom. The molecule has 1 aromatic rings. The summed E-state index contributed by atoms with van der Waals surface area (Å²) in [5.41, 5.74) is 2.98. The second-order valence-electron chi connectivity index (χ2n) is 5.63. The molecule has 0 unspecified atom stereocenters. The summed E-state index contributed by atoms with van der Waals surface area (Å²) in [6.45, 7) is 10.2. The number of terminal acetylenes is 1. The second kappa shape index (κ2) is 4.04. The average Bonchev–Trinajstić information content (AvgIpc) is 2.41. The zero-order chi connectivity index (χ0) is 13.4. The number of Topliss-reactive ketones (excluding diaryl/α,β-unsaturated/α-hetero) is 1. The molecule has 1 aromatic carbocycles. The molecule has 1 aliphatic carbocycles. The Morgan fingerprint density at radius 1 is 0.941 bits per heavy atom. The fourth-order valence-corrected chi connectivity index (χ4v) is 2.75. The van der Waals surface area contributed by atoms with E-state index in [9.17, 15) is 4.79 Å². The van der Waals surface area contributed by atoms with Crippen LogP contribution in [0.4, 0.5) is 0 Å². The van der Waals surface area contributed by atoms with E-state index in [1.165, 1.54) is 16.7 Å². The highest BCUT2D eigenvalue weighted by Gasteiger charge is 2.49. The normalized spacial score (nSPS) is 19.1.